The van der Waals surface area contributed by atoms with Crippen LogP contribution in [0.15, 0.2) is 17.2 Å². The molecule has 1 aliphatic carbocycles. The van der Waals surface area contributed by atoms with Gasteiger partial charge in [-0.05, 0) is 25.7 Å². The standard InChI is InChI=1S/C10H14N2O2/c1-7(8-3-4-8)14-9-10(13)12(2)6-5-11-9/h5-8H,3-4H2,1-2H3. The fraction of sp³-hybridized carbons (Fsp3) is 0.600. The number of hydrogen-bond acceptors (Lipinski definition) is 3. The molecule has 14 heavy (non-hydrogen) atoms. The summed E-state index contributed by atoms with van der Waals surface area (Å²) in [5, 5.41) is 0. The Hall–Kier alpha value is -1.32. The third-order valence-electron chi connectivity index (χ3n) is 2.57. The predicted molar refractivity (Wildman–Crippen MR) is 52.3 cm³/mol. The average Bonchev–Trinajstić information content (AvgIpc) is 2.95. The lowest BCUT2D eigenvalue weighted by atomic mass is 10.3. The first-order chi connectivity index (χ1) is 6.68. The molecule has 1 aromatic rings. The topological polar surface area (TPSA) is 44.1 Å². The molecule has 4 heteroatoms. The van der Waals surface area contributed by atoms with Crippen LogP contribution in [0.25, 0.3) is 0 Å². The molecule has 0 spiro atoms. The Labute approximate surface area is 82.5 Å². The third-order valence-corrected chi connectivity index (χ3v) is 2.57. The molecule has 1 heterocycles. The van der Waals surface area contributed by atoms with Crippen LogP contribution in [0.2, 0.25) is 0 Å². The van der Waals surface area contributed by atoms with Crippen molar-refractivity contribution in [3.05, 3.63) is 22.7 Å². The SMILES string of the molecule is CC(Oc1nccn(C)c1=O)C1CC1. The Balaban J connectivity index is 2.15. The van der Waals surface area contributed by atoms with Crippen LogP contribution < -0.4 is 10.3 Å². The van der Waals surface area contributed by atoms with Gasteiger partial charge in [-0.2, -0.15) is 0 Å². The molecule has 4 nitrogen and oxygen atoms in total. The molecule has 0 radical (unpaired) electrons. The lowest BCUT2D eigenvalue weighted by Crippen LogP contribution is -2.24. The minimum atomic E-state index is -0.167. The fourth-order valence-electron chi connectivity index (χ4n) is 1.39. The molecular weight excluding hydrogens is 180 g/mol. The van der Waals surface area contributed by atoms with E-state index in [0.29, 0.717) is 5.92 Å². The fourth-order valence-corrected chi connectivity index (χ4v) is 1.39. The van der Waals surface area contributed by atoms with E-state index < -0.39 is 0 Å². The van der Waals surface area contributed by atoms with Gasteiger partial charge in [0.15, 0.2) is 0 Å². The van der Waals surface area contributed by atoms with Gasteiger partial charge in [0.05, 0.1) is 0 Å². The van der Waals surface area contributed by atoms with Crippen LogP contribution in [0.1, 0.15) is 19.8 Å². The number of aryl methyl sites for hydroxylation is 1. The quantitative estimate of drug-likeness (QED) is 0.719. The molecule has 1 saturated carbocycles. The summed E-state index contributed by atoms with van der Waals surface area (Å²) in [7, 11) is 1.69. The molecule has 0 saturated heterocycles. The number of ether oxygens (including phenoxy) is 1. The lowest BCUT2D eigenvalue weighted by molar-refractivity contribution is 0.185. The molecule has 76 valence electrons. The van der Waals surface area contributed by atoms with Crippen LogP contribution in [0, 0.1) is 5.92 Å². The van der Waals surface area contributed by atoms with E-state index in [-0.39, 0.29) is 17.5 Å². The van der Waals surface area contributed by atoms with Gasteiger partial charge in [0.25, 0.3) is 5.88 Å². The van der Waals surface area contributed by atoms with E-state index in [2.05, 4.69) is 4.98 Å². The van der Waals surface area contributed by atoms with Gasteiger partial charge in [-0.15, -0.1) is 0 Å². The van der Waals surface area contributed by atoms with Gasteiger partial charge in [0.1, 0.15) is 6.10 Å². The van der Waals surface area contributed by atoms with Crippen molar-refractivity contribution in [1.29, 1.82) is 0 Å². The van der Waals surface area contributed by atoms with Gasteiger partial charge in [0, 0.05) is 19.4 Å². The van der Waals surface area contributed by atoms with Crippen LogP contribution in [-0.4, -0.2) is 15.7 Å². The smallest absolute Gasteiger partial charge is 0.313 e. The molecule has 0 N–H and O–H groups in total. The molecular formula is C10H14N2O2. The Morgan fingerprint density at radius 2 is 2.36 bits per heavy atom. The molecule has 2 rings (SSSR count). The molecule has 0 bridgehead atoms. The van der Waals surface area contributed by atoms with Crippen molar-refractivity contribution in [2.24, 2.45) is 13.0 Å². The van der Waals surface area contributed by atoms with E-state index >= 15 is 0 Å². The zero-order chi connectivity index (χ0) is 10.1. The Kier molecular flexibility index (Phi) is 2.27. The molecule has 1 aromatic heterocycles. The lowest BCUT2D eigenvalue weighted by Gasteiger charge is -2.12. The van der Waals surface area contributed by atoms with Gasteiger partial charge >= 0.3 is 5.56 Å². The van der Waals surface area contributed by atoms with Gasteiger partial charge < -0.3 is 9.30 Å². The number of hydrogen-bond donors (Lipinski definition) is 0. The summed E-state index contributed by atoms with van der Waals surface area (Å²) in [6.45, 7) is 1.99. The second kappa shape index (κ2) is 3.44. The molecule has 0 aromatic carbocycles. The normalized spacial score (nSPS) is 17.9. The van der Waals surface area contributed by atoms with E-state index in [9.17, 15) is 4.79 Å². The van der Waals surface area contributed by atoms with Crippen molar-refractivity contribution in [3.63, 3.8) is 0 Å². The highest BCUT2D eigenvalue weighted by molar-refractivity contribution is 5.05. The molecule has 1 atom stereocenters. The molecule has 0 aliphatic heterocycles. The summed E-state index contributed by atoms with van der Waals surface area (Å²) in [5.74, 6) is 0.830. The van der Waals surface area contributed by atoms with Gasteiger partial charge in [-0.3, -0.25) is 4.79 Å². The first-order valence-corrected chi connectivity index (χ1v) is 4.87. The van der Waals surface area contributed by atoms with Crippen LogP contribution in [0.5, 0.6) is 5.88 Å². The van der Waals surface area contributed by atoms with E-state index in [1.807, 2.05) is 6.92 Å². The van der Waals surface area contributed by atoms with E-state index in [4.69, 9.17) is 4.74 Å². The van der Waals surface area contributed by atoms with Crippen LogP contribution in [-0.2, 0) is 7.05 Å². The molecule has 1 fully saturated rings. The minimum absolute atomic E-state index is 0.109. The Bertz CT molecular complexity index is 382. The van der Waals surface area contributed by atoms with E-state index in [1.165, 1.54) is 17.4 Å². The summed E-state index contributed by atoms with van der Waals surface area (Å²) < 4.78 is 6.98. The molecule has 1 aliphatic rings. The monoisotopic (exact) mass is 194 g/mol. The van der Waals surface area contributed by atoms with Crippen LogP contribution in [0.3, 0.4) is 0 Å². The minimum Gasteiger partial charge on any atom is -0.470 e. The second-order valence-corrected chi connectivity index (χ2v) is 3.81. The van der Waals surface area contributed by atoms with Crippen LogP contribution >= 0.6 is 0 Å². The van der Waals surface area contributed by atoms with Crippen molar-refractivity contribution in [2.45, 2.75) is 25.9 Å². The second-order valence-electron chi connectivity index (χ2n) is 3.81. The highest BCUT2D eigenvalue weighted by Gasteiger charge is 2.30. The van der Waals surface area contributed by atoms with E-state index in [1.54, 1.807) is 19.4 Å². The van der Waals surface area contributed by atoms with Crippen molar-refractivity contribution in [2.75, 3.05) is 0 Å². The Morgan fingerprint density at radius 3 is 3.00 bits per heavy atom. The van der Waals surface area contributed by atoms with Crippen LogP contribution in [0.4, 0.5) is 0 Å². The van der Waals surface area contributed by atoms with E-state index in [0.717, 1.165) is 0 Å². The number of rotatable bonds is 3. The van der Waals surface area contributed by atoms with Gasteiger partial charge in [0.2, 0.25) is 0 Å². The zero-order valence-electron chi connectivity index (χ0n) is 8.43. The average molecular weight is 194 g/mol. The highest BCUT2D eigenvalue weighted by Crippen LogP contribution is 2.33. The maximum absolute atomic E-state index is 11.5. The molecule has 0 amide bonds. The van der Waals surface area contributed by atoms with Crippen molar-refractivity contribution in [3.8, 4) is 5.88 Å². The van der Waals surface area contributed by atoms with Crippen molar-refractivity contribution in [1.82, 2.24) is 9.55 Å². The first-order valence-electron chi connectivity index (χ1n) is 4.87. The maximum atomic E-state index is 11.5. The number of aromatic nitrogens is 2. The summed E-state index contributed by atoms with van der Waals surface area (Å²) in [6, 6.07) is 0. The first kappa shape index (κ1) is 9.24. The third kappa shape index (κ3) is 1.78. The Morgan fingerprint density at radius 1 is 1.64 bits per heavy atom. The number of nitrogens with zero attached hydrogens (tertiary/aromatic N) is 2. The summed E-state index contributed by atoms with van der Waals surface area (Å²) >= 11 is 0. The summed E-state index contributed by atoms with van der Waals surface area (Å²) in [4.78, 5) is 15.5. The summed E-state index contributed by atoms with van der Waals surface area (Å²) in [6.07, 6.45) is 5.72. The van der Waals surface area contributed by atoms with Gasteiger partial charge in [-0.25, -0.2) is 4.98 Å². The highest BCUT2D eigenvalue weighted by atomic mass is 16.5. The predicted octanol–water partition coefficient (Wildman–Crippen LogP) is 0.958. The molecule has 1 unspecified atom stereocenters. The van der Waals surface area contributed by atoms with Crippen molar-refractivity contribution < 1.29 is 4.74 Å². The van der Waals surface area contributed by atoms with Crippen molar-refractivity contribution >= 4 is 0 Å². The largest absolute Gasteiger partial charge is 0.470 e. The zero-order valence-corrected chi connectivity index (χ0v) is 8.43. The maximum Gasteiger partial charge on any atom is 0.313 e. The van der Waals surface area contributed by atoms with Gasteiger partial charge in [-0.1, -0.05) is 0 Å². The summed E-state index contributed by atoms with van der Waals surface area (Å²) in [5.41, 5.74) is -0.167.